The zero-order valence-corrected chi connectivity index (χ0v) is 11.6. The van der Waals surface area contributed by atoms with Crippen LogP contribution in [0.1, 0.15) is 24.1 Å². The maximum Gasteiger partial charge on any atom is 0.221 e. The van der Waals surface area contributed by atoms with Gasteiger partial charge >= 0.3 is 0 Å². The monoisotopic (exact) mass is 285 g/mol. The Balaban J connectivity index is 2.27. The van der Waals surface area contributed by atoms with Crippen LogP contribution in [0.3, 0.4) is 0 Å². The van der Waals surface area contributed by atoms with Crippen LogP contribution < -0.4 is 0 Å². The summed E-state index contributed by atoms with van der Waals surface area (Å²) in [5, 5.41) is 1.86. The summed E-state index contributed by atoms with van der Waals surface area (Å²) < 4.78 is 13.9. The largest absolute Gasteiger partial charge is 0.339 e. The number of halogens is 1. The van der Waals surface area contributed by atoms with E-state index in [1.54, 1.807) is 12.1 Å². The number of benzene rings is 1. The second-order valence-electron chi connectivity index (χ2n) is 5.18. The van der Waals surface area contributed by atoms with Gasteiger partial charge in [0.2, 0.25) is 4.77 Å². The minimum Gasteiger partial charge on any atom is -0.339 e. The van der Waals surface area contributed by atoms with Crippen molar-refractivity contribution >= 4 is 34.2 Å². The van der Waals surface area contributed by atoms with Crippen molar-refractivity contribution < 1.29 is 4.39 Å². The van der Waals surface area contributed by atoms with E-state index in [-0.39, 0.29) is 5.82 Å². The molecule has 0 aliphatic heterocycles. The van der Waals surface area contributed by atoms with Crippen LogP contribution >= 0.6 is 12.2 Å². The fraction of sp³-hybridized carbons (Fsp3) is 0.267. The van der Waals surface area contributed by atoms with Gasteiger partial charge in [0.15, 0.2) is 0 Å². The van der Waals surface area contributed by atoms with Crippen LogP contribution in [-0.4, -0.2) is 15.0 Å². The molecular weight excluding hydrogens is 273 g/mol. The van der Waals surface area contributed by atoms with E-state index in [0.29, 0.717) is 10.4 Å². The summed E-state index contributed by atoms with van der Waals surface area (Å²) in [6, 6.07) is 4.77. The topological polar surface area (TPSA) is 41.6 Å². The molecule has 1 aliphatic carbocycles. The fourth-order valence-electron chi connectivity index (χ4n) is 3.06. The second kappa shape index (κ2) is 4.31. The van der Waals surface area contributed by atoms with Gasteiger partial charge in [0, 0.05) is 22.0 Å². The van der Waals surface area contributed by atoms with Gasteiger partial charge in [0.25, 0.3) is 0 Å². The van der Waals surface area contributed by atoms with Gasteiger partial charge in [-0.3, -0.25) is 0 Å². The van der Waals surface area contributed by atoms with Crippen LogP contribution in [0.2, 0.25) is 0 Å². The summed E-state index contributed by atoms with van der Waals surface area (Å²) in [5.41, 5.74) is 3.80. The lowest BCUT2D eigenvalue weighted by atomic mass is 9.94. The highest BCUT2D eigenvalue weighted by molar-refractivity contribution is 7.71. The van der Waals surface area contributed by atoms with Crippen LogP contribution in [0.15, 0.2) is 18.2 Å². The zero-order chi connectivity index (χ0) is 13.7. The van der Waals surface area contributed by atoms with Crippen molar-refractivity contribution in [3.05, 3.63) is 40.0 Å². The molecule has 0 spiro atoms. The van der Waals surface area contributed by atoms with Gasteiger partial charge in [-0.05, 0) is 61.7 Å². The summed E-state index contributed by atoms with van der Waals surface area (Å²) >= 11 is 5.21. The van der Waals surface area contributed by atoms with Crippen molar-refractivity contribution in [1.29, 1.82) is 0 Å². The summed E-state index contributed by atoms with van der Waals surface area (Å²) in [6.07, 6.45) is 4.12. The van der Waals surface area contributed by atoms with Crippen LogP contribution in [0, 0.1) is 10.6 Å². The number of aryl methyl sites for hydroxylation is 2. The number of nitrogens with one attached hydrogen (secondary N) is 1. The number of hydrogen-bond acceptors (Lipinski definition) is 3. The van der Waals surface area contributed by atoms with Crippen molar-refractivity contribution in [2.75, 3.05) is 0 Å². The van der Waals surface area contributed by atoms with Crippen LogP contribution in [0.4, 0.5) is 4.39 Å². The number of aromatic nitrogens is 3. The van der Waals surface area contributed by atoms with Gasteiger partial charge in [-0.2, -0.15) is 0 Å². The molecule has 0 amide bonds. The van der Waals surface area contributed by atoms with Crippen molar-refractivity contribution in [3.8, 4) is 0 Å². The van der Waals surface area contributed by atoms with Crippen molar-refractivity contribution in [1.82, 2.24) is 15.0 Å². The highest BCUT2D eigenvalue weighted by atomic mass is 32.1. The fourth-order valence-corrected chi connectivity index (χ4v) is 3.26. The molecule has 0 bridgehead atoms. The van der Waals surface area contributed by atoms with Gasteiger partial charge in [-0.1, -0.05) is 0 Å². The number of H-pyrrole nitrogens is 1. The Labute approximate surface area is 119 Å². The zero-order valence-electron chi connectivity index (χ0n) is 10.7. The lowest BCUT2D eigenvalue weighted by Gasteiger charge is -2.12. The number of nitrogens with zero attached hydrogens (tertiary/aromatic N) is 2. The quantitative estimate of drug-likeness (QED) is 0.638. The molecule has 2 aromatic heterocycles. The van der Waals surface area contributed by atoms with Gasteiger partial charge in [0.05, 0.1) is 0 Å². The number of fused-ring (bicyclic) bond motifs is 5. The summed E-state index contributed by atoms with van der Waals surface area (Å²) in [7, 11) is 0. The highest BCUT2D eigenvalue weighted by Gasteiger charge is 2.17. The summed E-state index contributed by atoms with van der Waals surface area (Å²) in [4.78, 5) is 12.1. The third-order valence-electron chi connectivity index (χ3n) is 3.92. The third kappa shape index (κ3) is 1.73. The molecule has 1 aromatic carbocycles. The van der Waals surface area contributed by atoms with Gasteiger partial charge in [0.1, 0.15) is 11.5 Å². The highest BCUT2D eigenvalue weighted by Crippen LogP contribution is 2.31. The Hall–Kier alpha value is -1.88. The van der Waals surface area contributed by atoms with E-state index in [9.17, 15) is 4.39 Å². The van der Waals surface area contributed by atoms with Crippen LogP contribution in [0.5, 0.6) is 0 Å². The van der Waals surface area contributed by atoms with E-state index in [1.807, 2.05) is 0 Å². The molecule has 2 heterocycles. The molecule has 0 fully saturated rings. The third-order valence-corrected chi connectivity index (χ3v) is 4.10. The van der Waals surface area contributed by atoms with Crippen LogP contribution in [-0.2, 0) is 12.8 Å². The van der Waals surface area contributed by atoms with E-state index < -0.39 is 0 Å². The lowest BCUT2D eigenvalue weighted by molar-refractivity contribution is 0.630. The molecule has 0 unspecified atom stereocenters. The number of hydrogen-bond donors (Lipinski definition) is 1. The van der Waals surface area contributed by atoms with E-state index >= 15 is 0 Å². The summed E-state index contributed by atoms with van der Waals surface area (Å²) in [5.74, 6) is -0.235. The van der Waals surface area contributed by atoms with Gasteiger partial charge in [-0.15, -0.1) is 0 Å². The van der Waals surface area contributed by atoms with Gasteiger partial charge in [-0.25, -0.2) is 14.4 Å². The van der Waals surface area contributed by atoms with E-state index in [2.05, 4.69) is 15.0 Å². The maximum atomic E-state index is 13.6. The molecule has 0 atom stereocenters. The Morgan fingerprint density at radius 3 is 2.90 bits per heavy atom. The molecular formula is C15H12FN3S. The Morgan fingerprint density at radius 1 is 1.15 bits per heavy atom. The first-order valence-electron chi connectivity index (χ1n) is 6.73. The van der Waals surface area contributed by atoms with E-state index in [0.717, 1.165) is 47.7 Å². The number of rotatable bonds is 0. The standard InChI is InChI=1S/C15H12FN3S/c16-8-5-6-12-10(7-8)13-9-3-1-2-4-11(9)18-15(20)19-14(13)17-12/h5-7H,1-4H2,(H,17,18,19,20). The molecule has 1 N–H and O–H groups in total. The average molecular weight is 285 g/mol. The maximum absolute atomic E-state index is 13.6. The van der Waals surface area contributed by atoms with E-state index in [4.69, 9.17) is 12.2 Å². The molecule has 0 saturated carbocycles. The van der Waals surface area contributed by atoms with Crippen molar-refractivity contribution in [2.24, 2.45) is 0 Å². The molecule has 4 rings (SSSR count). The van der Waals surface area contributed by atoms with Crippen molar-refractivity contribution in [2.45, 2.75) is 25.7 Å². The molecule has 0 radical (unpaired) electrons. The SMILES string of the molecule is Fc1ccc2[nH]c3nc(=S)nc4c(c3c2c1)CCCC4. The molecule has 1 aliphatic rings. The first kappa shape index (κ1) is 11.9. The summed E-state index contributed by atoms with van der Waals surface area (Å²) in [6.45, 7) is 0. The Bertz CT molecular complexity index is 901. The van der Waals surface area contributed by atoms with Gasteiger partial charge < -0.3 is 4.98 Å². The molecule has 100 valence electrons. The molecule has 3 aromatic rings. The average Bonchev–Trinajstić information content (AvgIpc) is 2.69. The molecule has 20 heavy (non-hydrogen) atoms. The second-order valence-corrected chi connectivity index (χ2v) is 5.54. The van der Waals surface area contributed by atoms with Crippen molar-refractivity contribution in [3.63, 3.8) is 0 Å². The molecule has 3 nitrogen and oxygen atoms in total. The molecule has 0 saturated heterocycles. The first-order valence-corrected chi connectivity index (χ1v) is 7.14. The smallest absolute Gasteiger partial charge is 0.221 e. The van der Waals surface area contributed by atoms with Crippen LogP contribution in [0.25, 0.3) is 21.9 Å². The predicted molar refractivity (Wildman–Crippen MR) is 78.8 cm³/mol. The first-order chi connectivity index (χ1) is 9.72. The Kier molecular flexibility index (Phi) is 2.57. The lowest BCUT2D eigenvalue weighted by Crippen LogP contribution is -2.03. The number of aromatic amines is 1. The molecule has 5 heteroatoms. The minimum absolute atomic E-state index is 0.235. The minimum atomic E-state index is -0.235. The predicted octanol–water partition coefficient (Wildman–Crippen LogP) is 3.86. The normalized spacial score (nSPS) is 14.7. The Morgan fingerprint density at radius 2 is 2.00 bits per heavy atom. The van der Waals surface area contributed by atoms with E-state index in [1.165, 1.54) is 11.6 Å².